The molecule has 0 aromatic heterocycles. The van der Waals surface area contributed by atoms with Gasteiger partial charge in [-0.2, -0.15) is 0 Å². The number of alkyl carbamates (subject to hydrolysis) is 1. The number of hydrogen-bond acceptors (Lipinski definition) is 10. The van der Waals surface area contributed by atoms with Crippen molar-refractivity contribution in [1.82, 2.24) is 31.9 Å². The van der Waals surface area contributed by atoms with Gasteiger partial charge in [0.15, 0.2) is 0 Å². The summed E-state index contributed by atoms with van der Waals surface area (Å²) >= 11 is 0. The second kappa shape index (κ2) is 25.9. The fourth-order valence-corrected chi connectivity index (χ4v) is 9.66. The van der Waals surface area contributed by atoms with E-state index in [1.807, 2.05) is 84.9 Å². The van der Waals surface area contributed by atoms with Crippen LogP contribution in [0.2, 0.25) is 0 Å². The van der Waals surface area contributed by atoms with Crippen LogP contribution in [0.3, 0.4) is 0 Å². The number of carbonyl (C=O) groups is 6. The Kier molecular flexibility index (Phi) is 22.0. The van der Waals surface area contributed by atoms with Gasteiger partial charge in [-0.1, -0.05) is 104 Å². The summed E-state index contributed by atoms with van der Waals surface area (Å²) in [4.78, 5) is 79.9. The van der Waals surface area contributed by atoms with Gasteiger partial charge in [-0.25, -0.2) is 4.79 Å². The van der Waals surface area contributed by atoms with Crippen molar-refractivity contribution in [2.45, 2.75) is 164 Å². The van der Waals surface area contributed by atoms with Crippen LogP contribution < -0.4 is 31.9 Å². The third-order valence-electron chi connectivity index (χ3n) is 14.9. The fourth-order valence-electron chi connectivity index (χ4n) is 9.66. The minimum Gasteiger partial charge on any atom is -0.443 e. The van der Waals surface area contributed by atoms with Crippen molar-refractivity contribution in [2.75, 3.05) is 46.5 Å². The molecule has 2 aliphatic rings. The van der Waals surface area contributed by atoms with Crippen LogP contribution in [0.25, 0.3) is 0 Å². The summed E-state index contributed by atoms with van der Waals surface area (Å²) in [5.41, 5.74) is 0.451. The van der Waals surface area contributed by atoms with Crippen LogP contribution in [0.15, 0.2) is 42.0 Å². The van der Waals surface area contributed by atoms with E-state index < -0.39 is 65.5 Å². The molecule has 1 aromatic carbocycles. The average Bonchev–Trinajstić information content (AvgIpc) is 4.05. The van der Waals surface area contributed by atoms with Gasteiger partial charge in [0.25, 0.3) is 0 Å². The van der Waals surface area contributed by atoms with Gasteiger partial charge in [0, 0.05) is 38.5 Å². The van der Waals surface area contributed by atoms with Crippen molar-refractivity contribution >= 4 is 35.6 Å². The predicted molar refractivity (Wildman–Crippen MR) is 263 cm³/mol. The van der Waals surface area contributed by atoms with Crippen LogP contribution in [0, 0.1) is 34.5 Å². The Hall–Kier alpha value is -4.54. The second-order valence-electron chi connectivity index (χ2n) is 21.1. The molecule has 0 radical (unpaired) electrons. The molecule has 0 bridgehead atoms. The molecule has 3 rings (SSSR count). The topological polar surface area (TPSA) is 215 Å². The lowest BCUT2D eigenvalue weighted by atomic mass is 9.55. The molecule has 1 saturated carbocycles. The van der Waals surface area contributed by atoms with Gasteiger partial charge < -0.3 is 50.8 Å². The molecule has 1 aliphatic carbocycles. The zero-order valence-corrected chi connectivity index (χ0v) is 43.7. The Morgan fingerprint density at radius 2 is 1.44 bits per heavy atom. The zero-order valence-electron chi connectivity index (χ0n) is 43.7. The molecular weight excluding hydrogens is 869 g/mol. The van der Waals surface area contributed by atoms with E-state index in [-0.39, 0.29) is 73.2 Å². The van der Waals surface area contributed by atoms with Gasteiger partial charge in [0.05, 0.1) is 37.5 Å². The molecule has 1 aliphatic heterocycles. The number of nitrogens with one attached hydrogen (secondary N) is 6. The Bertz CT molecular complexity index is 1860. The molecule has 384 valence electrons. The maximum atomic E-state index is 13.9. The number of epoxide rings is 1. The van der Waals surface area contributed by atoms with Crippen LogP contribution in [-0.4, -0.2) is 118 Å². The van der Waals surface area contributed by atoms with E-state index >= 15 is 0 Å². The highest BCUT2D eigenvalue weighted by Gasteiger charge is 2.64. The minimum absolute atomic E-state index is 0.00447. The number of ether oxygens (including phenoxy) is 4. The lowest BCUT2D eigenvalue weighted by Gasteiger charge is -2.50. The van der Waals surface area contributed by atoms with E-state index in [1.165, 1.54) is 0 Å². The standard InChI is InChI=1S/C52H86N6O10/c1-15-51(13,35(6)7)49(9,10)36(8)45(61)55-31-42(60)57-39(29-37-20-17-16-18-21-37)47(63)58-38(28-34(4)5)46(62)56-30-41(59)53-25-19-26-54-48(64)68-40-22-24-52(32-67-52)44(43(40)65-14)50(11,12)66-27-23-33(2)3/h16-18,20-21,23,34-36,38-40,43-44H,15,19,22,24-32H2,1-14H3,(H,53,59)(H,54,64)(H,55,61)(H,56,62)(H,57,60)(H,58,63)/t36?,38-,39-,40?,43?,44?,51?,52-/m0/s1. The summed E-state index contributed by atoms with van der Waals surface area (Å²) in [5, 5.41) is 16.5. The summed E-state index contributed by atoms with van der Waals surface area (Å²) in [6.07, 6.45) is 3.47. The number of hydrogen-bond donors (Lipinski definition) is 6. The molecule has 16 nitrogen and oxygen atoms in total. The maximum absolute atomic E-state index is 13.9. The van der Waals surface area contributed by atoms with E-state index in [0.29, 0.717) is 38.4 Å². The van der Waals surface area contributed by atoms with Crippen molar-refractivity contribution in [3.8, 4) is 0 Å². The van der Waals surface area contributed by atoms with Gasteiger partial charge in [0.1, 0.15) is 24.3 Å². The Labute approximate surface area is 406 Å². The third-order valence-corrected chi connectivity index (χ3v) is 14.9. The van der Waals surface area contributed by atoms with Crippen LogP contribution in [0.1, 0.15) is 128 Å². The van der Waals surface area contributed by atoms with E-state index in [1.54, 1.807) is 7.11 Å². The van der Waals surface area contributed by atoms with Crippen molar-refractivity contribution in [3.63, 3.8) is 0 Å². The lowest BCUT2D eigenvalue weighted by molar-refractivity contribution is -0.172. The van der Waals surface area contributed by atoms with Crippen molar-refractivity contribution in [1.29, 1.82) is 0 Å². The molecule has 2 fully saturated rings. The molecular formula is C52H86N6O10. The number of allylic oxidation sites excluding steroid dienone is 1. The Morgan fingerprint density at radius 3 is 2.01 bits per heavy atom. The summed E-state index contributed by atoms with van der Waals surface area (Å²) in [6, 6.07) is 7.11. The molecule has 1 saturated heterocycles. The molecule has 1 heterocycles. The average molecular weight is 955 g/mol. The number of benzene rings is 1. The molecule has 68 heavy (non-hydrogen) atoms. The first kappa shape index (κ1) is 57.8. The molecule has 6 N–H and O–H groups in total. The highest BCUT2D eigenvalue weighted by atomic mass is 16.6. The number of methoxy groups -OCH3 is 1. The smallest absolute Gasteiger partial charge is 0.407 e. The lowest BCUT2D eigenvalue weighted by Crippen LogP contribution is -2.59. The van der Waals surface area contributed by atoms with Crippen molar-refractivity contribution < 1.29 is 47.7 Å². The molecule has 6 amide bonds. The van der Waals surface area contributed by atoms with Crippen LogP contribution in [0.5, 0.6) is 0 Å². The largest absolute Gasteiger partial charge is 0.443 e. The highest BCUT2D eigenvalue weighted by molar-refractivity contribution is 5.94. The summed E-state index contributed by atoms with van der Waals surface area (Å²) in [5.74, 6) is -2.62. The summed E-state index contributed by atoms with van der Waals surface area (Å²) in [6.45, 7) is 27.4. The molecule has 16 heteroatoms. The van der Waals surface area contributed by atoms with Gasteiger partial charge in [-0.3, -0.25) is 24.0 Å². The first-order valence-corrected chi connectivity index (χ1v) is 24.7. The van der Waals surface area contributed by atoms with E-state index in [4.69, 9.17) is 18.9 Å². The van der Waals surface area contributed by atoms with E-state index in [0.717, 1.165) is 17.6 Å². The zero-order chi connectivity index (χ0) is 51.0. The third kappa shape index (κ3) is 16.3. The number of carbonyl (C=O) groups excluding carboxylic acids is 6. The second-order valence-corrected chi connectivity index (χ2v) is 21.1. The van der Waals surface area contributed by atoms with Crippen molar-refractivity contribution in [3.05, 3.63) is 47.5 Å². The first-order valence-electron chi connectivity index (χ1n) is 24.7. The van der Waals surface area contributed by atoms with Crippen LogP contribution in [0.4, 0.5) is 4.79 Å². The number of amides is 6. The van der Waals surface area contributed by atoms with Gasteiger partial charge in [0.2, 0.25) is 29.5 Å². The molecule has 5 unspecified atom stereocenters. The molecule has 1 spiro atoms. The van der Waals surface area contributed by atoms with Crippen LogP contribution >= 0.6 is 0 Å². The first-order chi connectivity index (χ1) is 31.8. The molecule has 8 atom stereocenters. The SMILES string of the molecule is CCC(C)(C(C)C)C(C)(C)C(C)C(=O)NCC(=O)N[C@@H](Cc1ccccc1)C(=O)N[C@@H](CC(C)C)C(=O)NCC(=O)NCCCNC(=O)OC1CC[C@]2(CO2)C(C(C)(C)OCC=C(C)C)C1OC. The predicted octanol–water partition coefficient (Wildman–Crippen LogP) is 5.77. The fraction of sp³-hybridized carbons (Fsp3) is 0.731. The van der Waals surface area contributed by atoms with Gasteiger partial charge >= 0.3 is 6.09 Å². The molecule has 1 aromatic rings. The summed E-state index contributed by atoms with van der Waals surface area (Å²) < 4.78 is 24.1. The Balaban J connectivity index is 1.51. The van der Waals surface area contributed by atoms with E-state index in [2.05, 4.69) is 73.4 Å². The van der Waals surface area contributed by atoms with E-state index in [9.17, 15) is 28.8 Å². The van der Waals surface area contributed by atoms with Gasteiger partial charge in [-0.05, 0) is 88.0 Å². The quantitative estimate of drug-likeness (QED) is 0.0356. The minimum atomic E-state index is -1.06. The highest BCUT2D eigenvalue weighted by Crippen LogP contribution is 2.53. The maximum Gasteiger partial charge on any atom is 0.407 e. The normalized spacial score (nSPS) is 21.4. The number of rotatable bonds is 27. The Morgan fingerprint density at radius 1 is 0.824 bits per heavy atom. The van der Waals surface area contributed by atoms with Gasteiger partial charge in [-0.15, -0.1) is 0 Å². The monoisotopic (exact) mass is 955 g/mol. The van der Waals surface area contributed by atoms with Crippen LogP contribution in [-0.2, 0) is 49.3 Å². The van der Waals surface area contributed by atoms with Crippen molar-refractivity contribution in [2.24, 2.45) is 34.5 Å². The summed E-state index contributed by atoms with van der Waals surface area (Å²) in [7, 11) is 1.61.